The molecule has 2 aromatic carbocycles. The first kappa shape index (κ1) is 24.5. The number of nitrogens with zero attached hydrogens (tertiary/aromatic N) is 3. The molecule has 0 aliphatic carbocycles. The number of likely N-dealkylation sites (tertiary alicyclic amines) is 1. The van der Waals surface area contributed by atoms with Gasteiger partial charge in [0.1, 0.15) is 17.3 Å². The third-order valence-electron chi connectivity index (χ3n) is 6.65. The molecule has 1 saturated heterocycles. The number of thiazole rings is 1. The summed E-state index contributed by atoms with van der Waals surface area (Å²) >= 11 is 1.38. The first-order valence-corrected chi connectivity index (χ1v) is 12.7. The number of hydrogen-bond acceptors (Lipinski definition) is 5. The third kappa shape index (κ3) is 4.62. The molecule has 10 heteroatoms. The average Bonchev–Trinajstić information content (AvgIpc) is 3.46. The van der Waals surface area contributed by atoms with Gasteiger partial charge in [0, 0.05) is 37.2 Å². The largest absolute Gasteiger partial charge is 0.396 e. The van der Waals surface area contributed by atoms with E-state index in [-0.39, 0.29) is 35.8 Å². The molecule has 2 unspecified atom stereocenters. The number of H-pyrrole nitrogens is 1. The molecule has 2 aromatic heterocycles. The molecule has 188 valence electrons. The van der Waals surface area contributed by atoms with Gasteiger partial charge in [-0.3, -0.25) is 4.79 Å². The highest BCUT2D eigenvalue weighted by Gasteiger charge is 2.37. The third-order valence-corrected chi connectivity index (χ3v) is 7.67. The number of hydrogen-bond donors (Lipinski definition) is 2. The highest BCUT2D eigenvalue weighted by molar-refractivity contribution is 7.15. The van der Waals surface area contributed by atoms with Crippen LogP contribution >= 0.6 is 11.3 Å². The second-order valence-electron chi connectivity index (χ2n) is 9.00. The Morgan fingerprint density at radius 1 is 1.17 bits per heavy atom. The molecular formula is C26H25F3N4O2S. The molecule has 1 fully saturated rings. The minimum Gasteiger partial charge on any atom is -0.396 e. The molecular weight excluding hydrogens is 489 g/mol. The van der Waals surface area contributed by atoms with Gasteiger partial charge >= 0.3 is 0 Å². The van der Waals surface area contributed by atoms with Crippen LogP contribution in [0.15, 0.2) is 36.4 Å². The summed E-state index contributed by atoms with van der Waals surface area (Å²) in [4.78, 5) is 28.4. The zero-order valence-electron chi connectivity index (χ0n) is 19.6. The van der Waals surface area contributed by atoms with Gasteiger partial charge in [-0.25, -0.2) is 23.1 Å². The van der Waals surface area contributed by atoms with Gasteiger partial charge in [0.05, 0.1) is 20.9 Å². The van der Waals surface area contributed by atoms with Crippen LogP contribution in [0, 0.1) is 24.4 Å². The summed E-state index contributed by atoms with van der Waals surface area (Å²) in [6.45, 7) is 2.19. The van der Waals surface area contributed by atoms with Crippen LogP contribution in [0.2, 0.25) is 0 Å². The molecule has 5 rings (SSSR count). The van der Waals surface area contributed by atoms with E-state index in [2.05, 4.69) is 15.0 Å². The van der Waals surface area contributed by atoms with E-state index in [1.54, 1.807) is 17.0 Å². The Bertz CT molecular complexity index is 1360. The minimum absolute atomic E-state index is 0.139. The number of aryl methyl sites for hydroxylation is 1. The number of fused-ring (bicyclic) bond motifs is 1. The van der Waals surface area contributed by atoms with E-state index < -0.39 is 11.6 Å². The van der Waals surface area contributed by atoms with Crippen LogP contribution in [-0.2, 0) is 0 Å². The second-order valence-corrected chi connectivity index (χ2v) is 10.2. The molecule has 1 aliphatic rings. The number of nitrogens with one attached hydrogen (secondary N) is 1. The zero-order valence-corrected chi connectivity index (χ0v) is 20.4. The zero-order chi connectivity index (χ0) is 25.4. The summed E-state index contributed by atoms with van der Waals surface area (Å²) in [7, 11) is 0. The van der Waals surface area contributed by atoms with Crippen LogP contribution in [0.1, 0.15) is 52.9 Å². The summed E-state index contributed by atoms with van der Waals surface area (Å²) in [5, 5.41) is 10.6. The standard InChI is InChI=1S/C26H25F3N4O2S/c1-14-30-23(24(36-14)15-5-7-16(27)8-6-15)26(35)33-10-3-2-4-22(33)17(9-11-34)25-31-20-12-18(28)19(29)13-21(20)32-25/h5-8,12-13,17,22,34H,2-4,9-11H2,1H3,(H,31,32). The first-order valence-electron chi connectivity index (χ1n) is 11.9. The number of carbonyl (C=O) groups excluding carboxylic acids is 1. The van der Waals surface area contributed by atoms with E-state index in [1.807, 2.05) is 6.92 Å². The van der Waals surface area contributed by atoms with Crippen molar-refractivity contribution >= 4 is 28.3 Å². The van der Waals surface area contributed by atoms with Gasteiger partial charge in [0.15, 0.2) is 11.6 Å². The summed E-state index contributed by atoms with van der Waals surface area (Å²) in [5.74, 6) is -2.45. The van der Waals surface area contributed by atoms with Crippen molar-refractivity contribution in [1.29, 1.82) is 0 Å². The van der Waals surface area contributed by atoms with Crippen molar-refractivity contribution in [3.8, 4) is 10.4 Å². The second kappa shape index (κ2) is 10.0. The Kier molecular flexibility index (Phi) is 6.81. The Labute approximate surface area is 209 Å². The summed E-state index contributed by atoms with van der Waals surface area (Å²) in [6.07, 6.45) is 2.71. The number of aromatic amines is 1. The molecule has 2 N–H and O–H groups in total. The van der Waals surface area contributed by atoms with Crippen LogP contribution in [0.25, 0.3) is 21.5 Å². The van der Waals surface area contributed by atoms with Crippen molar-refractivity contribution in [3.05, 3.63) is 70.4 Å². The first-order chi connectivity index (χ1) is 17.4. The van der Waals surface area contributed by atoms with Gasteiger partial charge in [0.25, 0.3) is 5.91 Å². The van der Waals surface area contributed by atoms with E-state index >= 15 is 0 Å². The number of piperidine rings is 1. The van der Waals surface area contributed by atoms with E-state index in [1.165, 1.54) is 23.5 Å². The van der Waals surface area contributed by atoms with Crippen molar-refractivity contribution in [2.75, 3.05) is 13.2 Å². The van der Waals surface area contributed by atoms with Gasteiger partial charge in [-0.15, -0.1) is 11.3 Å². The van der Waals surface area contributed by atoms with Crippen molar-refractivity contribution < 1.29 is 23.1 Å². The van der Waals surface area contributed by atoms with Crippen molar-refractivity contribution in [1.82, 2.24) is 19.9 Å². The van der Waals surface area contributed by atoms with Gasteiger partial charge in [-0.1, -0.05) is 12.1 Å². The lowest BCUT2D eigenvalue weighted by Gasteiger charge is -2.39. The van der Waals surface area contributed by atoms with Crippen molar-refractivity contribution in [3.63, 3.8) is 0 Å². The van der Waals surface area contributed by atoms with Crippen molar-refractivity contribution in [2.24, 2.45) is 0 Å². The van der Waals surface area contributed by atoms with Gasteiger partial charge in [-0.05, 0) is 50.3 Å². The Hall–Kier alpha value is -3.24. The lowest BCUT2D eigenvalue weighted by atomic mass is 9.87. The SMILES string of the molecule is Cc1nc(C(=O)N2CCCCC2C(CCO)c2nc3cc(F)c(F)cc3[nH]2)c(-c2ccc(F)cc2)s1. The molecule has 3 heterocycles. The Morgan fingerprint density at radius 2 is 1.92 bits per heavy atom. The van der Waals surface area contributed by atoms with Gasteiger partial charge < -0.3 is 15.0 Å². The lowest BCUT2D eigenvalue weighted by Crippen LogP contribution is -2.47. The smallest absolute Gasteiger partial charge is 0.274 e. The number of aliphatic hydroxyl groups excluding tert-OH is 1. The predicted octanol–water partition coefficient (Wildman–Crippen LogP) is 5.57. The van der Waals surface area contributed by atoms with E-state index in [0.29, 0.717) is 46.9 Å². The van der Waals surface area contributed by atoms with Crippen LogP contribution < -0.4 is 0 Å². The molecule has 1 amide bonds. The van der Waals surface area contributed by atoms with E-state index in [4.69, 9.17) is 0 Å². The highest BCUT2D eigenvalue weighted by atomic mass is 32.1. The van der Waals surface area contributed by atoms with Gasteiger partial charge in [0.2, 0.25) is 0 Å². The number of carbonyl (C=O) groups is 1. The Balaban J connectivity index is 1.51. The molecule has 0 saturated carbocycles. The van der Waals surface area contributed by atoms with Crippen LogP contribution in [0.4, 0.5) is 13.2 Å². The minimum atomic E-state index is -0.985. The highest BCUT2D eigenvalue weighted by Crippen LogP contribution is 2.36. The summed E-state index contributed by atoms with van der Waals surface area (Å²) in [6, 6.07) is 7.78. The maximum absolute atomic E-state index is 13.9. The molecule has 1 aliphatic heterocycles. The number of aliphatic hydroxyl groups is 1. The maximum atomic E-state index is 13.9. The van der Waals surface area contributed by atoms with E-state index in [9.17, 15) is 23.1 Å². The fourth-order valence-corrected chi connectivity index (χ4v) is 5.90. The van der Waals surface area contributed by atoms with Crippen molar-refractivity contribution in [2.45, 2.75) is 44.6 Å². The lowest BCUT2D eigenvalue weighted by molar-refractivity contribution is 0.0545. The molecule has 0 radical (unpaired) electrons. The maximum Gasteiger partial charge on any atom is 0.274 e. The normalized spacial score (nSPS) is 17.0. The number of halogens is 3. The molecule has 0 bridgehead atoms. The average molecular weight is 515 g/mol. The number of amides is 1. The molecule has 4 aromatic rings. The fraction of sp³-hybridized carbons (Fsp3) is 0.346. The van der Waals surface area contributed by atoms with Gasteiger partial charge in [-0.2, -0.15) is 0 Å². The number of rotatable bonds is 6. The molecule has 6 nitrogen and oxygen atoms in total. The van der Waals surface area contributed by atoms with Crippen LogP contribution in [0.3, 0.4) is 0 Å². The fourth-order valence-electron chi connectivity index (χ4n) is 4.98. The quantitative estimate of drug-likeness (QED) is 0.352. The predicted molar refractivity (Wildman–Crippen MR) is 131 cm³/mol. The summed E-state index contributed by atoms with van der Waals surface area (Å²) < 4.78 is 41.0. The molecule has 36 heavy (non-hydrogen) atoms. The van der Waals surface area contributed by atoms with E-state index in [0.717, 1.165) is 30.0 Å². The summed E-state index contributed by atoms with van der Waals surface area (Å²) in [5.41, 5.74) is 1.67. The number of benzene rings is 2. The topological polar surface area (TPSA) is 82.1 Å². The number of aromatic nitrogens is 3. The molecule has 2 atom stereocenters. The Morgan fingerprint density at radius 3 is 2.67 bits per heavy atom. The monoisotopic (exact) mass is 514 g/mol. The van der Waals surface area contributed by atoms with Crippen LogP contribution in [0.5, 0.6) is 0 Å². The van der Waals surface area contributed by atoms with Crippen LogP contribution in [-0.4, -0.2) is 50.1 Å². The molecule has 0 spiro atoms. The number of imidazole rings is 1.